The molecule has 94 valence electrons. The van der Waals surface area contributed by atoms with E-state index in [9.17, 15) is 5.11 Å². The third kappa shape index (κ3) is 1.87. The van der Waals surface area contributed by atoms with Gasteiger partial charge in [0, 0.05) is 12.5 Å². The molecule has 2 aliphatic rings. The summed E-state index contributed by atoms with van der Waals surface area (Å²) in [6.45, 7) is 5.84. The zero-order valence-corrected chi connectivity index (χ0v) is 10.4. The number of hydrogen-bond donors (Lipinski definition) is 2. The summed E-state index contributed by atoms with van der Waals surface area (Å²) in [5.41, 5.74) is -0.683. The number of nitrogens with zero attached hydrogens (tertiary/aromatic N) is 2. The van der Waals surface area contributed by atoms with Crippen LogP contribution in [0.3, 0.4) is 0 Å². The van der Waals surface area contributed by atoms with Gasteiger partial charge in [0.15, 0.2) is 11.4 Å². The Labute approximate surface area is 101 Å². The molecule has 5 heteroatoms. The van der Waals surface area contributed by atoms with Crippen molar-refractivity contribution in [3.63, 3.8) is 0 Å². The minimum absolute atomic E-state index is 0.286. The van der Waals surface area contributed by atoms with Crippen LogP contribution in [0.15, 0.2) is 4.52 Å². The van der Waals surface area contributed by atoms with Crippen molar-refractivity contribution < 1.29 is 9.63 Å². The van der Waals surface area contributed by atoms with Crippen LogP contribution in [-0.4, -0.2) is 28.3 Å². The lowest BCUT2D eigenvalue weighted by atomic mass is 9.94. The number of aliphatic hydroxyl groups is 1. The highest BCUT2D eigenvalue weighted by Crippen LogP contribution is 2.57. The van der Waals surface area contributed by atoms with Crippen LogP contribution in [0.4, 0.5) is 0 Å². The first kappa shape index (κ1) is 11.2. The number of rotatable bonds is 2. The monoisotopic (exact) mass is 237 g/mol. The van der Waals surface area contributed by atoms with Crippen LogP contribution >= 0.6 is 0 Å². The standard InChI is InChI=1S/C12H19N3O2/c1-11(2)6-8(11)9-14-10(17-15-9)12(16)4-3-5-13-7-12/h8,13,16H,3-7H2,1-2H3. The molecule has 1 aromatic rings. The van der Waals surface area contributed by atoms with E-state index >= 15 is 0 Å². The molecule has 1 saturated carbocycles. The van der Waals surface area contributed by atoms with Crippen LogP contribution < -0.4 is 5.32 Å². The summed E-state index contributed by atoms with van der Waals surface area (Å²) < 4.78 is 5.25. The number of hydrogen-bond acceptors (Lipinski definition) is 5. The van der Waals surface area contributed by atoms with Gasteiger partial charge in [0.2, 0.25) is 0 Å². The lowest BCUT2D eigenvalue weighted by Gasteiger charge is -2.28. The molecule has 2 fully saturated rings. The van der Waals surface area contributed by atoms with Crippen LogP contribution in [-0.2, 0) is 5.60 Å². The molecule has 5 nitrogen and oxygen atoms in total. The predicted molar refractivity (Wildman–Crippen MR) is 61.4 cm³/mol. The van der Waals surface area contributed by atoms with E-state index in [-0.39, 0.29) is 5.41 Å². The van der Waals surface area contributed by atoms with E-state index < -0.39 is 5.60 Å². The van der Waals surface area contributed by atoms with Crippen molar-refractivity contribution in [3.8, 4) is 0 Å². The van der Waals surface area contributed by atoms with Crippen LogP contribution in [0.2, 0.25) is 0 Å². The Bertz CT molecular complexity index is 421. The molecule has 0 radical (unpaired) electrons. The summed E-state index contributed by atoms with van der Waals surface area (Å²) in [7, 11) is 0. The molecule has 2 unspecified atom stereocenters. The lowest BCUT2D eigenvalue weighted by molar-refractivity contribution is -0.0167. The molecule has 0 aromatic carbocycles. The van der Waals surface area contributed by atoms with E-state index in [1.165, 1.54) is 0 Å². The molecule has 1 aromatic heterocycles. The first-order valence-corrected chi connectivity index (χ1v) is 6.28. The summed E-state index contributed by atoms with van der Waals surface area (Å²) in [5, 5.41) is 17.6. The van der Waals surface area contributed by atoms with Gasteiger partial charge in [0.25, 0.3) is 5.89 Å². The van der Waals surface area contributed by atoms with Gasteiger partial charge in [-0.3, -0.25) is 0 Å². The van der Waals surface area contributed by atoms with Crippen molar-refractivity contribution >= 4 is 0 Å². The highest BCUT2D eigenvalue weighted by atomic mass is 16.5. The molecule has 0 amide bonds. The highest BCUT2D eigenvalue weighted by molar-refractivity contribution is 5.15. The average Bonchev–Trinajstić information content (AvgIpc) is 2.76. The molecule has 1 aliphatic carbocycles. The molecule has 2 heterocycles. The van der Waals surface area contributed by atoms with Gasteiger partial charge in [0.05, 0.1) is 0 Å². The second-order valence-electron chi connectivity index (χ2n) is 6.01. The van der Waals surface area contributed by atoms with Gasteiger partial charge in [-0.1, -0.05) is 19.0 Å². The third-order valence-electron chi connectivity index (χ3n) is 4.03. The molecule has 17 heavy (non-hydrogen) atoms. The average molecular weight is 237 g/mol. The molecular weight excluding hydrogens is 218 g/mol. The van der Waals surface area contributed by atoms with Crippen LogP contribution in [0.25, 0.3) is 0 Å². The summed E-state index contributed by atoms with van der Waals surface area (Å²) in [6, 6.07) is 0. The zero-order chi connectivity index (χ0) is 12.1. The fourth-order valence-corrected chi connectivity index (χ4v) is 2.55. The van der Waals surface area contributed by atoms with Crippen molar-refractivity contribution in [1.29, 1.82) is 0 Å². The minimum Gasteiger partial charge on any atom is -0.379 e. The fourth-order valence-electron chi connectivity index (χ4n) is 2.55. The van der Waals surface area contributed by atoms with Gasteiger partial charge in [0.1, 0.15) is 0 Å². The zero-order valence-electron chi connectivity index (χ0n) is 10.4. The van der Waals surface area contributed by atoms with E-state index in [1.54, 1.807) is 0 Å². The summed E-state index contributed by atoms with van der Waals surface area (Å²) in [6.07, 6.45) is 2.72. The van der Waals surface area contributed by atoms with Crippen molar-refractivity contribution in [3.05, 3.63) is 11.7 Å². The maximum atomic E-state index is 10.4. The molecule has 0 bridgehead atoms. The predicted octanol–water partition coefficient (Wildman–Crippen LogP) is 1.15. The van der Waals surface area contributed by atoms with E-state index in [0.29, 0.717) is 24.8 Å². The molecule has 1 aliphatic heterocycles. The maximum Gasteiger partial charge on any atom is 0.259 e. The molecule has 3 rings (SSSR count). The Balaban J connectivity index is 1.80. The number of aromatic nitrogens is 2. The Morgan fingerprint density at radius 3 is 2.82 bits per heavy atom. The highest BCUT2D eigenvalue weighted by Gasteiger charge is 2.50. The smallest absolute Gasteiger partial charge is 0.259 e. The molecule has 2 N–H and O–H groups in total. The summed E-state index contributed by atoms with van der Waals surface area (Å²) in [4.78, 5) is 4.40. The normalized spacial score (nSPS) is 35.8. The summed E-state index contributed by atoms with van der Waals surface area (Å²) >= 11 is 0. The molecular formula is C12H19N3O2. The van der Waals surface area contributed by atoms with Gasteiger partial charge in [-0.05, 0) is 31.2 Å². The maximum absolute atomic E-state index is 10.4. The van der Waals surface area contributed by atoms with Crippen LogP contribution in [0.5, 0.6) is 0 Å². The lowest BCUT2D eigenvalue weighted by Crippen LogP contribution is -2.43. The molecule has 2 atom stereocenters. The van der Waals surface area contributed by atoms with Crippen LogP contribution in [0.1, 0.15) is 50.7 Å². The van der Waals surface area contributed by atoms with Gasteiger partial charge >= 0.3 is 0 Å². The first-order chi connectivity index (χ1) is 8.01. The van der Waals surface area contributed by atoms with E-state index in [4.69, 9.17) is 4.52 Å². The van der Waals surface area contributed by atoms with Gasteiger partial charge in [-0.25, -0.2) is 0 Å². The van der Waals surface area contributed by atoms with Gasteiger partial charge in [-0.2, -0.15) is 4.98 Å². The van der Waals surface area contributed by atoms with Crippen LogP contribution in [0, 0.1) is 5.41 Å². The van der Waals surface area contributed by atoms with Crippen molar-refractivity contribution in [2.45, 2.75) is 44.6 Å². The molecule has 0 spiro atoms. The van der Waals surface area contributed by atoms with Crippen molar-refractivity contribution in [1.82, 2.24) is 15.5 Å². The minimum atomic E-state index is -0.970. The van der Waals surface area contributed by atoms with Crippen molar-refractivity contribution in [2.24, 2.45) is 5.41 Å². The van der Waals surface area contributed by atoms with E-state index in [1.807, 2.05) is 0 Å². The first-order valence-electron chi connectivity index (χ1n) is 6.28. The Hall–Kier alpha value is -0.940. The number of β-amino-alcohol motifs (C(OH)–C–C–N with tert-alkyl or cyclic N) is 1. The van der Waals surface area contributed by atoms with Gasteiger partial charge in [-0.15, -0.1) is 0 Å². The molecule has 1 saturated heterocycles. The Kier molecular flexibility index (Phi) is 2.32. The quantitative estimate of drug-likeness (QED) is 0.807. The van der Waals surface area contributed by atoms with E-state index in [0.717, 1.165) is 25.2 Å². The third-order valence-corrected chi connectivity index (χ3v) is 4.03. The Morgan fingerprint density at radius 2 is 2.24 bits per heavy atom. The summed E-state index contributed by atoms with van der Waals surface area (Å²) in [5.74, 6) is 1.52. The number of piperidine rings is 1. The fraction of sp³-hybridized carbons (Fsp3) is 0.833. The van der Waals surface area contributed by atoms with E-state index in [2.05, 4.69) is 29.3 Å². The topological polar surface area (TPSA) is 71.2 Å². The Morgan fingerprint density at radius 1 is 1.47 bits per heavy atom. The van der Waals surface area contributed by atoms with Gasteiger partial charge < -0.3 is 14.9 Å². The SMILES string of the molecule is CC1(C)CC1c1noc(C2(O)CCCNC2)n1. The second kappa shape index (κ2) is 3.53. The second-order valence-corrected chi connectivity index (χ2v) is 6.01. The van der Waals surface area contributed by atoms with Crippen molar-refractivity contribution in [2.75, 3.05) is 13.1 Å². The largest absolute Gasteiger partial charge is 0.379 e. The number of nitrogens with one attached hydrogen (secondary N) is 1.